The van der Waals surface area contributed by atoms with Gasteiger partial charge in [0.2, 0.25) is 0 Å². The van der Waals surface area contributed by atoms with Crippen molar-refractivity contribution in [1.82, 2.24) is 9.97 Å². The van der Waals surface area contributed by atoms with Crippen molar-refractivity contribution in [2.45, 2.75) is 26.4 Å². The molecule has 7 nitrogen and oxygen atoms in total. The fraction of sp³-hybridized carbons (Fsp3) is 0.333. The Hall–Kier alpha value is -2.87. The Bertz CT molecular complexity index is 820. The number of aromatic nitrogens is 2. The minimum atomic E-state index is -0.526. The zero-order chi connectivity index (χ0) is 18.5. The first-order chi connectivity index (χ1) is 12.6. The molecule has 2 aromatic rings. The number of amides is 1. The van der Waals surface area contributed by atoms with Crippen molar-refractivity contribution in [3.8, 4) is 0 Å². The standard InChI is InChI=1S/C18H19FN4O3/c1-3-16(23-26-13-9-25-10-13)12-4-5-17(21-6-12)22-18(24)14-7-20-8-15(19)11(14)2/h4-8,13H,3,9-10H2,1-2H3,(H,21,22,24). The highest BCUT2D eigenvalue weighted by molar-refractivity contribution is 6.05. The zero-order valence-electron chi connectivity index (χ0n) is 14.5. The molecule has 0 unspecified atom stereocenters. The molecule has 1 fully saturated rings. The van der Waals surface area contributed by atoms with Crippen molar-refractivity contribution in [3.05, 3.63) is 53.2 Å². The third-order valence-electron chi connectivity index (χ3n) is 3.99. The van der Waals surface area contributed by atoms with Crippen LogP contribution >= 0.6 is 0 Å². The monoisotopic (exact) mass is 358 g/mol. The highest BCUT2D eigenvalue weighted by Gasteiger charge is 2.20. The van der Waals surface area contributed by atoms with Gasteiger partial charge in [0.25, 0.3) is 5.91 Å². The maximum Gasteiger partial charge on any atom is 0.258 e. The fourth-order valence-corrected chi connectivity index (χ4v) is 2.29. The van der Waals surface area contributed by atoms with Crippen LogP contribution in [0, 0.1) is 12.7 Å². The van der Waals surface area contributed by atoms with E-state index in [1.54, 1.807) is 18.3 Å². The van der Waals surface area contributed by atoms with Gasteiger partial charge in [-0.3, -0.25) is 9.78 Å². The van der Waals surface area contributed by atoms with E-state index in [0.29, 0.717) is 25.5 Å². The van der Waals surface area contributed by atoms with Gasteiger partial charge < -0.3 is 14.9 Å². The van der Waals surface area contributed by atoms with Crippen molar-refractivity contribution in [1.29, 1.82) is 0 Å². The van der Waals surface area contributed by atoms with Crippen molar-refractivity contribution in [2.75, 3.05) is 18.5 Å². The lowest BCUT2D eigenvalue weighted by Crippen LogP contribution is -2.34. The molecule has 3 rings (SSSR count). The molecule has 1 aliphatic rings. The number of anilines is 1. The molecule has 0 spiro atoms. The molecule has 0 saturated carbocycles. The molecule has 0 atom stereocenters. The number of hydrogen-bond acceptors (Lipinski definition) is 6. The Kier molecular flexibility index (Phi) is 5.52. The summed E-state index contributed by atoms with van der Waals surface area (Å²) in [5.41, 5.74) is 1.97. The molecule has 3 heterocycles. The topological polar surface area (TPSA) is 85.7 Å². The highest BCUT2D eigenvalue weighted by Crippen LogP contribution is 2.14. The number of carbonyl (C=O) groups is 1. The third kappa shape index (κ3) is 4.02. The quantitative estimate of drug-likeness (QED) is 0.634. The summed E-state index contributed by atoms with van der Waals surface area (Å²) in [6, 6.07) is 3.45. The van der Waals surface area contributed by atoms with E-state index in [-0.39, 0.29) is 17.2 Å². The number of oxime groups is 1. The lowest BCUT2D eigenvalue weighted by atomic mass is 10.1. The van der Waals surface area contributed by atoms with Gasteiger partial charge in [-0.2, -0.15) is 0 Å². The van der Waals surface area contributed by atoms with Crippen LogP contribution in [0.3, 0.4) is 0 Å². The molecule has 136 valence electrons. The molecule has 8 heteroatoms. The fourth-order valence-electron chi connectivity index (χ4n) is 2.29. The number of rotatable bonds is 6. The summed E-state index contributed by atoms with van der Waals surface area (Å²) < 4.78 is 18.6. The predicted molar refractivity (Wildman–Crippen MR) is 93.6 cm³/mol. The van der Waals surface area contributed by atoms with Crippen LogP contribution in [-0.2, 0) is 9.57 Å². The van der Waals surface area contributed by atoms with Crippen LogP contribution in [0.1, 0.15) is 34.8 Å². The summed E-state index contributed by atoms with van der Waals surface area (Å²) in [5.74, 6) is -0.639. The average Bonchev–Trinajstić information content (AvgIpc) is 2.60. The van der Waals surface area contributed by atoms with Crippen LogP contribution in [0.4, 0.5) is 10.2 Å². The Morgan fingerprint density at radius 1 is 1.38 bits per heavy atom. The van der Waals surface area contributed by atoms with Gasteiger partial charge in [0.1, 0.15) is 11.6 Å². The van der Waals surface area contributed by atoms with Crippen LogP contribution in [0.2, 0.25) is 0 Å². The summed E-state index contributed by atoms with van der Waals surface area (Å²) in [6.45, 7) is 4.60. The first-order valence-corrected chi connectivity index (χ1v) is 8.26. The van der Waals surface area contributed by atoms with Gasteiger partial charge in [-0.1, -0.05) is 12.1 Å². The summed E-state index contributed by atoms with van der Waals surface area (Å²) in [7, 11) is 0. The number of halogens is 1. The van der Waals surface area contributed by atoms with E-state index in [4.69, 9.17) is 9.57 Å². The number of hydrogen-bond donors (Lipinski definition) is 1. The van der Waals surface area contributed by atoms with Crippen LogP contribution in [-0.4, -0.2) is 40.9 Å². The predicted octanol–water partition coefficient (Wildman–Crippen LogP) is 2.71. The lowest BCUT2D eigenvalue weighted by molar-refractivity contribution is -0.129. The van der Waals surface area contributed by atoms with E-state index >= 15 is 0 Å². The highest BCUT2D eigenvalue weighted by atomic mass is 19.1. The van der Waals surface area contributed by atoms with Crippen molar-refractivity contribution < 1.29 is 18.8 Å². The summed E-state index contributed by atoms with van der Waals surface area (Å²) in [6.07, 6.45) is 4.68. The second-order valence-corrected chi connectivity index (χ2v) is 5.84. The van der Waals surface area contributed by atoms with Crippen molar-refractivity contribution in [3.63, 3.8) is 0 Å². The maximum atomic E-state index is 13.5. The summed E-state index contributed by atoms with van der Waals surface area (Å²) >= 11 is 0. The molecular formula is C18H19FN4O3. The second kappa shape index (κ2) is 8.01. The van der Waals surface area contributed by atoms with Crippen LogP contribution in [0.25, 0.3) is 0 Å². The van der Waals surface area contributed by atoms with Gasteiger partial charge in [-0.15, -0.1) is 0 Å². The molecule has 0 radical (unpaired) electrons. The first-order valence-electron chi connectivity index (χ1n) is 8.26. The van der Waals surface area contributed by atoms with Gasteiger partial charge in [0.05, 0.1) is 30.7 Å². The zero-order valence-corrected chi connectivity index (χ0v) is 14.5. The molecule has 26 heavy (non-hydrogen) atoms. The normalized spacial score (nSPS) is 14.7. The van der Waals surface area contributed by atoms with E-state index in [9.17, 15) is 9.18 Å². The summed E-state index contributed by atoms with van der Waals surface area (Å²) in [5, 5.41) is 6.79. The van der Waals surface area contributed by atoms with E-state index < -0.39 is 11.7 Å². The maximum absolute atomic E-state index is 13.5. The van der Waals surface area contributed by atoms with E-state index in [2.05, 4.69) is 20.4 Å². The van der Waals surface area contributed by atoms with E-state index in [1.807, 2.05) is 6.92 Å². The minimum Gasteiger partial charge on any atom is -0.387 e. The van der Waals surface area contributed by atoms with Gasteiger partial charge in [-0.25, -0.2) is 9.37 Å². The van der Waals surface area contributed by atoms with Gasteiger partial charge in [-0.05, 0) is 25.5 Å². The number of nitrogens with zero attached hydrogens (tertiary/aromatic N) is 3. The Balaban J connectivity index is 1.68. The number of nitrogens with one attached hydrogen (secondary N) is 1. The average molecular weight is 358 g/mol. The van der Waals surface area contributed by atoms with Crippen LogP contribution < -0.4 is 5.32 Å². The van der Waals surface area contributed by atoms with Gasteiger partial charge in [0.15, 0.2) is 6.10 Å². The lowest BCUT2D eigenvalue weighted by Gasteiger charge is -2.23. The molecular weight excluding hydrogens is 339 g/mol. The Morgan fingerprint density at radius 3 is 2.81 bits per heavy atom. The summed E-state index contributed by atoms with van der Waals surface area (Å²) in [4.78, 5) is 25.6. The number of carbonyl (C=O) groups excluding carboxylic acids is 1. The smallest absolute Gasteiger partial charge is 0.258 e. The van der Waals surface area contributed by atoms with Gasteiger partial charge >= 0.3 is 0 Å². The number of pyridine rings is 2. The second-order valence-electron chi connectivity index (χ2n) is 5.84. The molecule has 0 bridgehead atoms. The molecule has 2 aromatic heterocycles. The number of ether oxygens (including phenoxy) is 1. The Morgan fingerprint density at radius 2 is 2.19 bits per heavy atom. The Labute approximate surface area is 150 Å². The molecule has 0 aromatic carbocycles. The minimum absolute atomic E-state index is 0.00573. The van der Waals surface area contributed by atoms with E-state index in [1.165, 1.54) is 13.1 Å². The molecule has 1 N–H and O–H groups in total. The SMILES string of the molecule is CCC(=NOC1COC1)c1ccc(NC(=O)c2cncc(F)c2C)nc1. The third-order valence-corrected chi connectivity index (χ3v) is 3.99. The van der Waals surface area contributed by atoms with Gasteiger partial charge in [0, 0.05) is 23.5 Å². The first kappa shape index (κ1) is 17.9. The van der Waals surface area contributed by atoms with Crippen molar-refractivity contribution >= 4 is 17.4 Å². The van der Waals surface area contributed by atoms with Crippen LogP contribution in [0.5, 0.6) is 0 Å². The largest absolute Gasteiger partial charge is 0.387 e. The molecule has 1 aliphatic heterocycles. The van der Waals surface area contributed by atoms with Crippen LogP contribution in [0.15, 0.2) is 35.9 Å². The molecule has 1 amide bonds. The van der Waals surface area contributed by atoms with Crippen molar-refractivity contribution in [2.24, 2.45) is 5.16 Å². The van der Waals surface area contributed by atoms with E-state index in [0.717, 1.165) is 17.5 Å². The molecule has 1 saturated heterocycles. The molecule has 0 aliphatic carbocycles.